The number of carbonyl (C=O) groups excluding carboxylic acids is 1. The number of rotatable bonds is 3. The predicted molar refractivity (Wildman–Crippen MR) is 90.0 cm³/mol. The Balaban J connectivity index is 1.85. The van der Waals surface area contributed by atoms with E-state index in [2.05, 4.69) is 29.2 Å². The zero-order chi connectivity index (χ0) is 17.1. The highest BCUT2D eigenvalue weighted by molar-refractivity contribution is 5.95. The van der Waals surface area contributed by atoms with E-state index in [0.717, 1.165) is 24.8 Å². The fourth-order valence-electron chi connectivity index (χ4n) is 3.12. The van der Waals surface area contributed by atoms with E-state index in [-0.39, 0.29) is 17.6 Å². The highest BCUT2D eigenvalue weighted by atomic mass is 16.4. The molecule has 5 heteroatoms. The van der Waals surface area contributed by atoms with Crippen molar-refractivity contribution in [3.63, 3.8) is 0 Å². The number of nitrogens with zero attached hydrogens (tertiary/aromatic N) is 2. The third kappa shape index (κ3) is 3.30. The molecule has 1 aliphatic rings. The molecule has 1 aliphatic heterocycles. The molecule has 1 fully saturated rings. The van der Waals surface area contributed by atoms with Gasteiger partial charge in [0.15, 0.2) is 0 Å². The largest absolute Gasteiger partial charge is 0.477 e. The van der Waals surface area contributed by atoms with Gasteiger partial charge in [-0.1, -0.05) is 29.8 Å². The number of aryl methyl sites for hydroxylation is 1. The molecular formula is C19H20N2O3. The third-order valence-corrected chi connectivity index (χ3v) is 4.46. The Morgan fingerprint density at radius 2 is 1.88 bits per heavy atom. The van der Waals surface area contributed by atoms with Crippen molar-refractivity contribution in [2.24, 2.45) is 0 Å². The van der Waals surface area contributed by atoms with E-state index in [9.17, 15) is 9.59 Å². The second-order valence-electron chi connectivity index (χ2n) is 6.16. The zero-order valence-corrected chi connectivity index (χ0v) is 13.6. The molecule has 1 unspecified atom stereocenters. The molecule has 0 radical (unpaired) electrons. The molecule has 3 rings (SSSR count). The number of hydrogen-bond acceptors (Lipinski definition) is 3. The molecule has 1 saturated heterocycles. The Morgan fingerprint density at radius 1 is 1.12 bits per heavy atom. The summed E-state index contributed by atoms with van der Waals surface area (Å²) in [5, 5.41) is 8.92. The standard InChI is InChI=1S/C19H20N2O3/c1-13-5-7-14(8-6-13)17-4-2-3-11-21(17)18(22)15-9-10-16(19(23)24)20-12-15/h5-10,12,17H,2-4,11H2,1H3,(H,23,24). The van der Waals surface area contributed by atoms with Crippen LogP contribution in [0, 0.1) is 6.92 Å². The molecule has 0 aliphatic carbocycles. The second-order valence-corrected chi connectivity index (χ2v) is 6.16. The van der Waals surface area contributed by atoms with Crippen molar-refractivity contribution < 1.29 is 14.7 Å². The number of aromatic carboxylic acids is 1. The van der Waals surface area contributed by atoms with E-state index in [1.54, 1.807) is 6.07 Å². The minimum absolute atomic E-state index is 0.0553. The lowest BCUT2D eigenvalue weighted by Gasteiger charge is -2.36. The van der Waals surface area contributed by atoms with Gasteiger partial charge < -0.3 is 10.0 Å². The molecule has 0 spiro atoms. The van der Waals surface area contributed by atoms with Crippen LogP contribution < -0.4 is 0 Å². The van der Waals surface area contributed by atoms with Crippen molar-refractivity contribution in [2.45, 2.75) is 32.2 Å². The molecule has 24 heavy (non-hydrogen) atoms. The van der Waals surface area contributed by atoms with Crippen LogP contribution in [0.4, 0.5) is 0 Å². The van der Waals surface area contributed by atoms with Crippen LogP contribution in [0.25, 0.3) is 0 Å². The monoisotopic (exact) mass is 324 g/mol. The number of carboxylic acids is 1. The quantitative estimate of drug-likeness (QED) is 0.938. The van der Waals surface area contributed by atoms with Crippen LogP contribution in [0.3, 0.4) is 0 Å². The molecule has 5 nitrogen and oxygen atoms in total. The zero-order valence-electron chi connectivity index (χ0n) is 13.6. The molecule has 0 saturated carbocycles. The first kappa shape index (κ1) is 16.2. The van der Waals surface area contributed by atoms with Crippen LogP contribution in [-0.2, 0) is 0 Å². The van der Waals surface area contributed by atoms with E-state index in [4.69, 9.17) is 5.11 Å². The molecule has 2 aromatic rings. The van der Waals surface area contributed by atoms with Gasteiger partial charge in [0.05, 0.1) is 11.6 Å². The Kier molecular flexibility index (Phi) is 4.60. The molecule has 1 atom stereocenters. The Bertz CT molecular complexity index is 738. The Morgan fingerprint density at radius 3 is 2.50 bits per heavy atom. The highest BCUT2D eigenvalue weighted by Gasteiger charge is 2.28. The summed E-state index contributed by atoms with van der Waals surface area (Å²) in [6.07, 6.45) is 4.37. The second kappa shape index (κ2) is 6.83. The normalized spacial score (nSPS) is 17.5. The maximum absolute atomic E-state index is 12.9. The number of hydrogen-bond donors (Lipinski definition) is 1. The number of carboxylic acid groups (broad SMARTS) is 1. The molecule has 0 bridgehead atoms. The van der Waals surface area contributed by atoms with Gasteiger partial charge in [-0.3, -0.25) is 4.79 Å². The summed E-state index contributed by atoms with van der Waals surface area (Å²) in [5.41, 5.74) is 2.71. The lowest BCUT2D eigenvalue weighted by molar-refractivity contribution is 0.0608. The number of likely N-dealkylation sites (tertiary alicyclic amines) is 1. The van der Waals surface area contributed by atoms with Gasteiger partial charge in [-0.05, 0) is 43.9 Å². The van der Waals surface area contributed by atoms with Crippen molar-refractivity contribution in [1.29, 1.82) is 0 Å². The lowest BCUT2D eigenvalue weighted by Crippen LogP contribution is -2.38. The summed E-state index contributed by atoms with van der Waals surface area (Å²) in [4.78, 5) is 29.5. The van der Waals surface area contributed by atoms with Gasteiger partial charge in [0.1, 0.15) is 5.69 Å². The summed E-state index contributed by atoms with van der Waals surface area (Å²) < 4.78 is 0. The molecule has 1 aromatic carbocycles. The molecule has 1 N–H and O–H groups in total. The van der Waals surface area contributed by atoms with Crippen molar-refractivity contribution >= 4 is 11.9 Å². The van der Waals surface area contributed by atoms with Gasteiger partial charge >= 0.3 is 5.97 Å². The number of benzene rings is 1. The smallest absolute Gasteiger partial charge is 0.354 e. The van der Waals surface area contributed by atoms with Crippen molar-refractivity contribution in [3.8, 4) is 0 Å². The maximum atomic E-state index is 12.9. The van der Waals surface area contributed by atoms with E-state index < -0.39 is 5.97 Å². The van der Waals surface area contributed by atoms with Crippen LogP contribution >= 0.6 is 0 Å². The molecule has 2 heterocycles. The molecule has 1 amide bonds. The topological polar surface area (TPSA) is 70.5 Å². The fourth-order valence-corrected chi connectivity index (χ4v) is 3.12. The maximum Gasteiger partial charge on any atom is 0.354 e. The number of pyridine rings is 1. The lowest BCUT2D eigenvalue weighted by atomic mass is 9.94. The van der Waals surface area contributed by atoms with Crippen LogP contribution in [-0.4, -0.2) is 33.4 Å². The van der Waals surface area contributed by atoms with Crippen LogP contribution in [0.15, 0.2) is 42.6 Å². The van der Waals surface area contributed by atoms with Crippen molar-refractivity contribution in [2.75, 3.05) is 6.54 Å². The molecular weight excluding hydrogens is 304 g/mol. The van der Waals surface area contributed by atoms with Crippen LogP contribution in [0.5, 0.6) is 0 Å². The third-order valence-electron chi connectivity index (χ3n) is 4.46. The van der Waals surface area contributed by atoms with Gasteiger partial charge in [0.25, 0.3) is 5.91 Å². The average Bonchev–Trinajstić information content (AvgIpc) is 2.62. The van der Waals surface area contributed by atoms with Crippen molar-refractivity contribution in [3.05, 3.63) is 65.0 Å². The van der Waals surface area contributed by atoms with Crippen molar-refractivity contribution in [1.82, 2.24) is 9.88 Å². The van der Waals surface area contributed by atoms with E-state index >= 15 is 0 Å². The minimum atomic E-state index is -1.09. The minimum Gasteiger partial charge on any atom is -0.477 e. The van der Waals surface area contributed by atoms with E-state index in [1.165, 1.54) is 17.8 Å². The molecule has 1 aromatic heterocycles. The predicted octanol–water partition coefficient (Wildman–Crippen LogP) is 3.46. The first-order valence-electron chi connectivity index (χ1n) is 8.13. The van der Waals surface area contributed by atoms with Crippen LogP contribution in [0.2, 0.25) is 0 Å². The first-order valence-corrected chi connectivity index (χ1v) is 8.13. The van der Waals surface area contributed by atoms with E-state index in [0.29, 0.717) is 12.1 Å². The fraction of sp³-hybridized carbons (Fsp3) is 0.316. The van der Waals surface area contributed by atoms with Gasteiger partial charge in [0.2, 0.25) is 0 Å². The summed E-state index contributed by atoms with van der Waals surface area (Å²) in [6.45, 7) is 2.75. The SMILES string of the molecule is Cc1ccc(C2CCCCN2C(=O)c2ccc(C(=O)O)nc2)cc1. The van der Waals surface area contributed by atoms with E-state index in [1.807, 2.05) is 11.8 Å². The first-order chi connectivity index (χ1) is 11.6. The summed E-state index contributed by atoms with van der Waals surface area (Å²) in [6, 6.07) is 11.3. The molecule has 124 valence electrons. The Labute approximate surface area is 140 Å². The number of amides is 1. The summed E-state index contributed by atoms with van der Waals surface area (Å²) >= 11 is 0. The highest BCUT2D eigenvalue weighted by Crippen LogP contribution is 2.32. The summed E-state index contributed by atoms with van der Waals surface area (Å²) in [7, 11) is 0. The number of piperidine rings is 1. The number of aromatic nitrogens is 1. The average molecular weight is 324 g/mol. The van der Waals surface area contributed by atoms with Gasteiger partial charge in [0, 0.05) is 12.7 Å². The van der Waals surface area contributed by atoms with Gasteiger partial charge in [-0.25, -0.2) is 9.78 Å². The van der Waals surface area contributed by atoms with Crippen LogP contribution in [0.1, 0.15) is 57.3 Å². The summed E-state index contributed by atoms with van der Waals surface area (Å²) in [5.74, 6) is -1.19. The van der Waals surface area contributed by atoms with Gasteiger partial charge in [-0.15, -0.1) is 0 Å². The number of carbonyl (C=O) groups is 2. The Hall–Kier alpha value is -2.69. The van der Waals surface area contributed by atoms with Gasteiger partial charge in [-0.2, -0.15) is 0 Å².